The minimum Gasteiger partial charge on any atom is -0.0807 e. The van der Waals surface area contributed by atoms with Gasteiger partial charge in [-0.05, 0) is 73.4 Å². The highest BCUT2D eigenvalue weighted by Crippen LogP contribution is 2.34. The molecule has 0 unspecified atom stereocenters. The molecule has 0 amide bonds. The van der Waals surface area contributed by atoms with Crippen LogP contribution in [0.3, 0.4) is 0 Å². The molecule has 96 valence electrons. The van der Waals surface area contributed by atoms with Crippen molar-refractivity contribution < 1.29 is 0 Å². The Bertz CT molecular complexity index is 501. The Balaban J connectivity index is 2.58. The number of rotatable bonds is 3. The van der Waals surface area contributed by atoms with Crippen molar-refractivity contribution in [3.63, 3.8) is 0 Å². The standard InChI is InChI=1S/C18H24/c1-5-8-16-14(3)11-12-15(4)18(16)17-10-7-6-9-13(17)2/h9-12H,5-8H2,1-4H3. The highest BCUT2D eigenvalue weighted by molar-refractivity contribution is 5.83. The van der Waals surface area contributed by atoms with Gasteiger partial charge in [-0.25, -0.2) is 0 Å². The van der Waals surface area contributed by atoms with Gasteiger partial charge in [0.15, 0.2) is 0 Å². The van der Waals surface area contributed by atoms with Gasteiger partial charge in [0, 0.05) is 0 Å². The normalized spacial score (nSPS) is 15.3. The van der Waals surface area contributed by atoms with E-state index in [1.165, 1.54) is 53.5 Å². The van der Waals surface area contributed by atoms with Crippen molar-refractivity contribution in [2.24, 2.45) is 0 Å². The first-order valence-corrected chi connectivity index (χ1v) is 7.12. The summed E-state index contributed by atoms with van der Waals surface area (Å²) in [5.74, 6) is 0. The quantitative estimate of drug-likeness (QED) is 0.665. The molecule has 0 radical (unpaired) electrons. The molecule has 0 saturated carbocycles. The van der Waals surface area contributed by atoms with Crippen LogP contribution in [0.2, 0.25) is 0 Å². The Labute approximate surface area is 111 Å². The zero-order valence-corrected chi connectivity index (χ0v) is 12.1. The molecular formula is C18H24. The number of aryl methyl sites for hydroxylation is 2. The van der Waals surface area contributed by atoms with E-state index >= 15 is 0 Å². The van der Waals surface area contributed by atoms with Crippen molar-refractivity contribution in [2.75, 3.05) is 0 Å². The molecule has 0 N–H and O–H groups in total. The molecular weight excluding hydrogens is 216 g/mol. The first kappa shape index (κ1) is 13.1. The van der Waals surface area contributed by atoms with Gasteiger partial charge in [0.25, 0.3) is 0 Å². The summed E-state index contributed by atoms with van der Waals surface area (Å²) in [5.41, 5.74) is 8.85. The fourth-order valence-corrected chi connectivity index (χ4v) is 2.91. The maximum Gasteiger partial charge on any atom is -0.0121 e. The minimum atomic E-state index is 1.19. The van der Waals surface area contributed by atoms with E-state index in [1.54, 1.807) is 5.56 Å². The van der Waals surface area contributed by atoms with Crippen molar-refractivity contribution >= 4 is 5.57 Å². The Morgan fingerprint density at radius 1 is 0.944 bits per heavy atom. The monoisotopic (exact) mass is 240 g/mol. The highest BCUT2D eigenvalue weighted by Gasteiger charge is 2.15. The van der Waals surface area contributed by atoms with Crippen LogP contribution in [-0.2, 0) is 6.42 Å². The second kappa shape index (κ2) is 5.56. The Hall–Kier alpha value is -1.30. The van der Waals surface area contributed by atoms with Crippen molar-refractivity contribution in [1.29, 1.82) is 0 Å². The van der Waals surface area contributed by atoms with Crippen LogP contribution in [-0.4, -0.2) is 0 Å². The minimum absolute atomic E-state index is 1.19. The summed E-state index contributed by atoms with van der Waals surface area (Å²) >= 11 is 0. The van der Waals surface area contributed by atoms with Gasteiger partial charge in [-0.1, -0.05) is 37.6 Å². The zero-order valence-electron chi connectivity index (χ0n) is 12.1. The van der Waals surface area contributed by atoms with Crippen LogP contribution in [0.1, 0.15) is 55.4 Å². The van der Waals surface area contributed by atoms with Crippen molar-refractivity contribution in [3.8, 4) is 0 Å². The van der Waals surface area contributed by atoms with Gasteiger partial charge in [-0.15, -0.1) is 0 Å². The predicted molar refractivity (Wildman–Crippen MR) is 80.9 cm³/mol. The summed E-state index contributed by atoms with van der Waals surface area (Å²) in [6.07, 6.45) is 9.60. The summed E-state index contributed by atoms with van der Waals surface area (Å²) in [6.45, 7) is 9.01. The first-order valence-electron chi connectivity index (χ1n) is 7.12. The maximum absolute atomic E-state index is 2.43. The third-order valence-electron chi connectivity index (χ3n) is 3.92. The van der Waals surface area contributed by atoms with E-state index in [-0.39, 0.29) is 0 Å². The number of benzene rings is 1. The summed E-state index contributed by atoms with van der Waals surface area (Å²) in [7, 11) is 0. The summed E-state index contributed by atoms with van der Waals surface area (Å²) < 4.78 is 0. The second-order valence-corrected chi connectivity index (χ2v) is 5.39. The topological polar surface area (TPSA) is 0 Å². The molecule has 0 aliphatic heterocycles. The molecule has 1 aromatic carbocycles. The third kappa shape index (κ3) is 2.43. The van der Waals surface area contributed by atoms with E-state index in [2.05, 4.69) is 52.0 Å². The van der Waals surface area contributed by atoms with Gasteiger partial charge in [0.05, 0.1) is 0 Å². The molecule has 0 aromatic heterocycles. The van der Waals surface area contributed by atoms with E-state index in [9.17, 15) is 0 Å². The largest absolute Gasteiger partial charge is 0.0807 e. The van der Waals surface area contributed by atoms with E-state index < -0.39 is 0 Å². The zero-order chi connectivity index (χ0) is 13.1. The molecule has 0 heterocycles. The van der Waals surface area contributed by atoms with Crippen LogP contribution < -0.4 is 0 Å². The molecule has 0 atom stereocenters. The van der Waals surface area contributed by atoms with Crippen molar-refractivity contribution in [3.05, 3.63) is 52.1 Å². The number of hydrogen-bond acceptors (Lipinski definition) is 0. The molecule has 0 nitrogen and oxygen atoms in total. The van der Waals surface area contributed by atoms with Crippen LogP contribution >= 0.6 is 0 Å². The fourth-order valence-electron chi connectivity index (χ4n) is 2.91. The maximum atomic E-state index is 2.43. The third-order valence-corrected chi connectivity index (χ3v) is 3.92. The lowest BCUT2D eigenvalue weighted by Gasteiger charge is -2.21. The molecule has 0 bridgehead atoms. The Kier molecular flexibility index (Phi) is 4.06. The van der Waals surface area contributed by atoms with Crippen LogP contribution in [0.5, 0.6) is 0 Å². The van der Waals surface area contributed by atoms with E-state index in [0.29, 0.717) is 0 Å². The molecule has 0 fully saturated rings. The van der Waals surface area contributed by atoms with Crippen LogP contribution in [0.25, 0.3) is 5.57 Å². The highest BCUT2D eigenvalue weighted by atomic mass is 14.2. The van der Waals surface area contributed by atoms with Gasteiger partial charge in [-0.3, -0.25) is 0 Å². The van der Waals surface area contributed by atoms with Gasteiger partial charge in [0.2, 0.25) is 0 Å². The smallest absolute Gasteiger partial charge is 0.0121 e. The molecule has 1 aliphatic rings. The molecule has 2 rings (SSSR count). The fraction of sp³-hybridized carbons (Fsp3) is 0.444. The van der Waals surface area contributed by atoms with Gasteiger partial charge >= 0.3 is 0 Å². The van der Waals surface area contributed by atoms with Gasteiger partial charge < -0.3 is 0 Å². The average Bonchev–Trinajstić information content (AvgIpc) is 2.36. The number of allylic oxidation sites excluding steroid dienone is 4. The second-order valence-electron chi connectivity index (χ2n) is 5.39. The Morgan fingerprint density at radius 2 is 1.61 bits per heavy atom. The summed E-state index contributed by atoms with van der Waals surface area (Å²) in [4.78, 5) is 0. The lowest BCUT2D eigenvalue weighted by Crippen LogP contribution is -2.02. The van der Waals surface area contributed by atoms with Crippen molar-refractivity contribution in [2.45, 2.75) is 53.4 Å². The summed E-state index contributed by atoms with van der Waals surface area (Å²) in [5, 5.41) is 0. The molecule has 0 saturated heterocycles. The summed E-state index contributed by atoms with van der Waals surface area (Å²) in [6, 6.07) is 4.54. The number of hydrogen-bond donors (Lipinski definition) is 0. The lowest BCUT2D eigenvalue weighted by atomic mass is 9.84. The van der Waals surface area contributed by atoms with Crippen molar-refractivity contribution in [1.82, 2.24) is 0 Å². The average molecular weight is 240 g/mol. The van der Waals surface area contributed by atoms with Crippen LogP contribution in [0.4, 0.5) is 0 Å². The Morgan fingerprint density at radius 3 is 2.28 bits per heavy atom. The molecule has 1 aliphatic carbocycles. The molecule has 1 aromatic rings. The molecule has 0 heteroatoms. The van der Waals surface area contributed by atoms with E-state index in [4.69, 9.17) is 0 Å². The first-order chi connectivity index (χ1) is 8.65. The van der Waals surface area contributed by atoms with Crippen LogP contribution in [0.15, 0.2) is 29.9 Å². The lowest BCUT2D eigenvalue weighted by molar-refractivity contribution is 0.905. The van der Waals surface area contributed by atoms with Gasteiger partial charge in [0.1, 0.15) is 0 Å². The van der Waals surface area contributed by atoms with E-state index in [1.807, 2.05) is 0 Å². The van der Waals surface area contributed by atoms with Crippen LogP contribution in [0, 0.1) is 13.8 Å². The van der Waals surface area contributed by atoms with Gasteiger partial charge in [-0.2, -0.15) is 0 Å². The molecule has 0 spiro atoms. The van der Waals surface area contributed by atoms with E-state index in [0.717, 1.165) is 0 Å². The molecule has 18 heavy (non-hydrogen) atoms. The SMILES string of the molecule is CCCc1c(C)ccc(C)c1C1=CCCC=C1C. The predicted octanol–water partition coefficient (Wildman–Crippen LogP) is 5.38.